The number of likely N-dealkylation sites (N-methyl/N-ethyl adjacent to an activating group) is 1. The zero-order chi connectivity index (χ0) is 36.4. The number of nitrogens with one attached hydrogen (secondary N) is 1. The Kier molecular flexibility index (Phi) is 11.5. The molecular weight excluding hydrogens is 873 g/mol. The van der Waals surface area contributed by atoms with Crippen LogP contribution in [0.5, 0.6) is 0 Å². The van der Waals surface area contributed by atoms with E-state index in [0.29, 0.717) is 11.1 Å². The average molecular weight is 921 g/mol. The van der Waals surface area contributed by atoms with Gasteiger partial charge in [0.1, 0.15) is 29.5 Å². The molecule has 0 spiro atoms. The van der Waals surface area contributed by atoms with E-state index >= 15 is 0 Å². The van der Waals surface area contributed by atoms with E-state index in [2.05, 4.69) is 5.32 Å². The van der Waals surface area contributed by atoms with Crippen molar-refractivity contribution in [3.8, 4) is 0 Å². The van der Waals surface area contributed by atoms with Crippen molar-refractivity contribution in [2.75, 3.05) is 20.8 Å². The molecule has 5 N–H and O–H groups in total. The van der Waals surface area contributed by atoms with Crippen LogP contribution in [0.4, 0.5) is 0 Å². The molecule has 2 aromatic carbocycles. The molecule has 3 fully saturated rings. The molecule has 1 heterocycles. The third-order valence-corrected chi connectivity index (χ3v) is 12.1. The monoisotopic (exact) mass is 920 g/mol. The third kappa shape index (κ3) is 6.18. The number of hydrogen-bond donors (Lipinski definition) is 5. The molecule has 13 heteroatoms. The molecule has 3 aliphatic carbocycles. The molecule has 2 bridgehead atoms. The number of ketones is 1. The summed E-state index contributed by atoms with van der Waals surface area (Å²) in [5.74, 6) is -3.78. The largest absolute Gasteiger partial charge is 0.456 e. The van der Waals surface area contributed by atoms with Gasteiger partial charge in [-0.15, -0.1) is 0 Å². The van der Waals surface area contributed by atoms with Crippen molar-refractivity contribution < 1.29 is 97.8 Å². The second-order valence-corrected chi connectivity index (χ2v) is 14.9. The van der Waals surface area contributed by atoms with Crippen LogP contribution in [0.15, 0.2) is 71.8 Å². The van der Waals surface area contributed by atoms with Gasteiger partial charge in [0.2, 0.25) is 0 Å². The van der Waals surface area contributed by atoms with Gasteiger partial charge in [0.25, 0.3) is 0 Å². The number of hydrogen-bond acceptors (Lipinski definition) is 12. The Labute approximate surface area is 333 Å². The molecule has 1 radical (unpaired) electrons. The molecule has 11 atom stereocenters. The van der Waals surface area contributed by atoms with Crippen molar-refractivity contribution in [3.05, 3.63) is 82.9 Å². The Balaban J connectivity index is 0.00000504. The van der Waals surface area contributed by atoms with Crippen LogP contribution in [-0.4, -0.2) is 107 Å². The molecular formula is C38H47AcNO11. The van der Waals surface area contributed by atoms with Crippen molar-refractivity contribution in [2.45, 2.75) is 94.4 Å². The molecule has 6 rings (SSSR count). The Morgan fingerprint density at radius 2 is 1.61 bits per heavy atom. The minimum absolute atomic E-state index is 0. The topological polar surface area (TPSA) is 181 Å². The first-order chi connectivity index (χ1) is 23.6. The Morgan fingerprint density at radius 3 is 2.16 bits per heavy atom. The molecule has 1 saturated heterocycles. The summed E-state index contributed by atoms with van der Waals surface area (Å²) in [7, 11) is 2.93. The number of benzene rings is 2. The van der Waals surface area contributed by atoms with Crippen LogP contribution < -0.4 is 5.32 Å². The molecule has 4 aliphatic rings. The number of rotatable bonds is 8. The molecule has 12 nitrogen and oxygen atoms in total. The van der Waals surface area contributed by atoms with E-state index in [1.54, 1.807) is 82.4 Å². The number of carbonyl (C=O) groups is 3. The number of aliphatic hydroxyl groups is 4. The van der Waals surface area contributed by atoms with E-state index in [-0.39, 0.29) is 74.6 Å². The number of fused-ring (bicyclic) bond motifs is 5. The predicted octanol–water partition coefficient (Wildman–Crippen LogP) is 2.04. The van der Waals surface area contributed by atoms with E-state index in [4.69, 9.17) is 18.9 Å². The zero-order valence-corrected chi connectivity index (χ0v) is 34.5. The zero-order valence-electron chi connectivity index (χ0n) is 29.7. The van der Waals surface area contributed by atoms with Gasteiger partial charge in [0.15, 0.2) is 11.9 Å². The van der Waals surface area contributed by atoms with Crippen LogP contribution in [0.25, 0.3) is 0 Å². The summed E-state index contributed by atoms with van der Waals surface area (Å²) >= 11 is 0. The summed E-state index contributed by atoms with van der Waals surface area (Å²) in [6, 6.07) is 16.2. The quantitative estimate of drug-likeness (QED) is 0.193. The van der Waals surface area contributed by atoms with E-state index < -0.39 is 88.3 Å². The van der Waals surface area contributed by atoms with Gasteiger partial charge in [-0.05, 0) is 49.7 Å². The summed E-state index contributed by atoms with van der Waals surface area (Å²) in [5.41, 5.74) is -5.62. The SMILES string of the molecule is CNC(c1ccccc1)C(O)C(=O)OC1CC2(O)C(OC(=O)c3ccccc3)C3C4(O)COC4CC(O)[C@@]3(C)C(=O)C(OC)C(=C1C)C2(C)C.[Ac]. The van der Waals surface area contributed by atoms with Gasteiger partial charge in [0.05, 0.1) is 35.8 Å². The minimum atomic E-state index is -2.14. The summed E-state index contributed by atoms with van der Waals surface area (Å²) in [4.78, 5) is 42.5. The average Bonchev–Trinajstić information content (AvgIpc) is 3.10. The molecule has 0 aromatic heterocycles. The Morgan fingerprint density at radius 1 is 1.00 bits per heavy atom. The van der Waals surface area contributed by atoms with Gasteiger partial charge >= 0.3 is 11.9 Å². The van der Waals surface area contributed by atoms with Crippen LogP contribution >= 0.6 is 0 Å². The maximum absolute atomic E-state index is 14.9. The van der Waals surface area contributed by atoms with E-state index in [0.717, 1.165) is 0 Å². The summed E-state index contributed by atoms with van der Waals surface area (Å²) < 4.78 is 23.9. The maximum atomic E-state index is 14.9. The molecule has 10 unspecified atom stereocenters. The number of esters is 2. The molecule has 2 saturated carbocycles. The van der Waals surface area contributed by atoms with Gasteiger partial charge in [-0.25, -0.2) is 9.59 Å². The first-order valence-electron chi connectivity index (χ1n) is 17.0. The second-order valence-electron chi connectivity index (χ2n) is 14.9. The minimum Gasteiger partial charge on any atom is -0.456 e. The van der Waals surface area contributed by atoms with Crippen molar-refractivity contribution in [1.82, 2.24) is 5.32 Å². The second kappa shape index (κ2) is 14.6. The van der Waals surface area contributed by atoms with Crippen LogP contribution in [0.3, 0.4) is 0 Å². The van der Waals surface area contributed by atoms with Crippen LogP contribution in [0, 0.1) is 60.8 Å². The summed E-state index contributed by atoms with van der Waals surface area (Å²) in [6.45, 7) is 6.32. The van der Waals surface area contributed by atoms with E-state index in [9.17, 15) is 34.8 Å². The molecule has 0 amide bonds. The Hall–Kier alpha value is -2.05. The fourth-order valence-electron chi connectivity index (χ4n) is 9.08. The van der Waals surface area contributed by atoms with Crippen molar-refractivity contribution >= 4 is 17.7 Å². The predicted molar refractivity (Wildman–Crippen MR) is 179 cm³/mol. The number of Topliss-reactive ketones (excluding diaryl/α,β-unsaturated/α-hetero) is 1. The van der Waals surface area contributed by atoms with Gasteiger partial charge in [0, 0.05) is 75.3 Å². The Bertz CT molecular complexity index is 1670. The van der Waals surface area contributed by atoms with Gasteiger partial charge in [-0.2, -0.15) is 0 Å². The van der Waals surface area contributed by atoms with Crippen LogP contribution in [-0.2, 0) is 28.5 Å². The molecule has 273 valence electrons. The smallest absolute Gasteiger partial charge is 0.338 e. The van der Waals surface area contributed by atoms with Crippen molar-refractivity contribution in [3.63, 3.8) is 0 Å². The number of aliphatic hydroxyl groups excluding tert-OH is 2. The first-order valence-corrected chi connectivity index (χ1v) is 17.0. The number of ether oxygens (including phenoxy) is 4. The fraction of sp³-hybridized carbons (Fsp3) is 0.553. The van der Waals surface area contributed by atoms with E-state index in [1.165, 1.54) is 14.0 Å². The molecule has 1 aliphatic heterocycles. The van der Waals surface area contributed by atoms with Crippen LogP contribution in [0.1, 0.15) is 62.5 Å². The van der Waals surface area contributed by atoms with Crippen molar-refractivity contribution in [2.24, 2.45) is 16.7 Å². The standard InChI is InChI=1S/C38H47NO11.Ac/c1-20-23(49-34(44)28(41)27(39-5)21-13-9-7-10-14-21)18-38(46)32(50-33(43)22-15-11-8-12-16-22)30-36(4,24(40)17-25-37(30,45)19-48-25)31(42)29(47-6)26(20)35(38,2)3;/h7-16,23-25,27-30,32,39-41,45-46H,17-19H2,1-6H3;/t23?,24?,25?,27?,28?,29?,30?,32?,36-,37?,38?;/m1./s1. The number of methoxy groups -OCH3 is 1. The molecule has 2 aromatic rings. The van der Waals surface area contributed by atoms with Gasteiger partial charge in [-0.1, -0.05) is 62.4 Å². The number of carbonyl (C=O) groups excluding carboxylic acids is 3. The fourth-order valence-corrected chi connectivity index (χ4v) is 9.08. The molecule has 51 heavy (non-hydrogen) atoms. The summed E-state index contributed by atoms with van der Waals surface area (Å²) in [6.07, 6.45) is -8.56. The van der Waals surface area contributed by atoms with Crippen LogP contribution in [0.2, 0.25) is 0 Å². The van der Waals surface area contributed by atoms with E-state index in [1.807, 2.05) is 6.07 Å². The normalized spacial score (nSPS) is 36.5. The third-order valence-electron chi connectivity index (χ3n) is 12.1. The maximum Gasteiger partial charge on any atom is 0.338 e. The van der Waals surface area contributed by atoms with Gasteiger partial charge in [-0.3, -0.25) is 4.79 Å². The summed E-state index contributed by atoms with van der Waals surface area (Å²) in [5, 5.41) is 51.5. The van der Waals surface area contributed by atoms with Crippen molar-refractivity contribution in [1.29, 1.82) is 0 Å². The first kappa shape index (κ1) is 40.1. The van der Waals surface area contributed by atoms with Gasteiger partial charge < -0.3 is 44.7 Å².